The van der Waals surface area contributed by atoms with E-state index in [1.54, 1.807) is 4.90 Å². The van der Waals surface area contributed by atoms with Crippen LogP contribution in [0.2, 0.25) is 0 Å². The maximum absolute atomic E-state index is 12.0. The molecule has 0 aromatic heterocycles. The predicted octanol–water partition coefficient (Wildman–Crippen LogP) is 0.794. The third-order valence-electron chi connectivity index (χ3n) is 3.43. The molecular weight excluding hydrogens is 220 g/mol. The van der Waals surface area contributed by atoms with Gasteiger partial charge in [0.1, 0.15) is 0 Å². The molecule has 1 rings (SSSR count). The van der Waals surface area contributed by atoms with Crippen molar-refractivity contribution in [2.24, 2.45) is 0 Å². The molecule has 1 saturated heterocycles. The van der Waals surface area contributed by atoms with Gasteiger partial charge in [-0.05, 0) is 33.2 Å². The van der Waals surface area contributed by atoms with E-state index in [-0.39, 0.29) is 12.3 Å². The van der Waals surface area contributed by atoms with E-state index in [2.05, 4.69) is 4.90 Å². The number of piperazine rings is 1. The van der Waals surface area contributed by atoms with Gasteiger partial charge in [-0.25, -0.2) is 0 Å². The number of aliphatic carboxylic acids is 1. The van der Waals surface area contributed by atoms with Gasteiger partial charge in [-0.1, -0.05) is 0 Å². The molecule has 5 heteroatoms. The number of carbonyl (C=O) groups is 2. The van der Waals surface area contributed by atoms with E-state index in [4.69, 9.17) is 5.11 Å². The topological polar surface area (TPSA) is 60.9 Å². The Kier molecular flexibility index (Phi) is 4.51. The number of amides is 1. The Hall–Kier alpha value is -1.10. The molecule has 1 aliphatic rings. The van der Waals surface area contributed by atoms with Crippen LogP contribution < -0.4 is 0 Å². The molecule has 5 nitrogen and oxygen atoms in total. The number of carboxylic acids is 1. The van der Waals surface area contributed by atoms with Crippen LogP contribution in [0.5, 0.6) is 0 Å². The van der Waals surface area contributed by atoms with Gasteiger partial charge in [0.15, 0.2) is 0 Å². The van der Waals surface area contributed by atoms with Crippen LogP contribution in [-0.2, 0) is 9.59 Å². The number of unbranched alkanes of at least 4 members (excludes halogenated alkanes) is 1. The van der Waals surface area contributed by atoms with Crippen molar-refractivity contribution < 1.29 is 14.7 Å². The van der Waals surface area contributed by atoms with Crippen molar-refractivity contribution in [2.75, 3.05) is 26.7 Å². The van der Waals surface area contributed by atoms with Gasteiger partial charge >= 0.3 is 5.97 Å². The minimum absolute atomic E-state index is 0.141. The van der Waals surface area contributed by atoms with Crippen molar-refractivity contribution in [1.29, 1.82) is 0 Å². The maximum Gasteiger partial charge on any atom is 0.303 e. The molecule has 0 spiro atoms. The fraction of sp³-hybridized carbons (Fsp3) is 0.833. The third-order valence-corrected chi connectivity index (χ3v) is 3.43. The second-order valence-corrected chi connectivity index (χ2v) is 5.12. The molecular formula is C12H22N2O3. The Bertz CT molecular complexity index is 302. The summed E-state index contributed by atoms with van der Waals surface area (Å²) in [5.41, 5.74) is -0.462. The van der Waals surface area contributed by atoms with Crippen LogP contribution in [0.1, 0.15) is 33.1 Å². The lowest BCUT2D eigenvalue weighted by atomic mass is 9.97. The number of rotatable bonds is 5. The fourth-order valence-corrected chi connectivity index (χ4v) is 2.22. The molecule has 0 aromatic carbocycles. The first kappa shape index (κ1) is 14.0. The second-order valence-electron chi connectivity index (χ2n) is 5.12. The highest BCUT2D eigenvalue weighted by atomic mass is 16.4. The summed E-state index contributed by atoms with van der Waals surface area (Å²) in [6.45, 7) is 6.27. The van der Waals surface area contributed by atoms with Gasteiger partial charge < -0.3 is 10.0 Å². The number of hydrogen-bond acceptors (Lipinski definition) is 3. The molecule has 0 bridgehead atoms. The molecule has 0 radical (unpaired) electrons. The zero-order valence-corrected chi connectivity index (χ0v) is 10.9. The molecule has 17 heavy (non-hydrogen) atoms. The first-order valence-electron chi connectivity index (χ1n) is 6.08. The normalized spacial score (nSPS) is 20.6. The summed E-state index contributed by atoms with van der Waals surface area (Å²) >= 11 is 0. The van der Waals surface area contributed by atoms with E-state index < -0.39 is 11.5 Å². The molecule has 0 aromatic rings. The average molecular weight is 242 g/mol. The Balaban J connectivity index is 2.43. The van der Waals surface area contributed by atoms with E-state index in [0.29, 0.717) is 6.42 Å². The summed E-state index contributed by atoms with van der Waals surface area (Å²) in [6, 6.07) is 0. The summed E-state index contributed by atoms with van der Waals surface area (Å²) in [5, 5.41) is 8.56. The van der Waals surface area contributed by atoms with Gasteiger partial charge in [-0.3, -0.25) is 14.5 Å². The monoisotopic (exact) mass is 242 g/mol. The molecule has 0 aliphatic carbocycles. The zero-order chi connectivity index (χ0) is 13.1. The summed E-state index contributed by atoms with van der Waals surface area (Å²) < 4.78 is 0. The van der Waals surface area contributed by atoms with Gasteiger partial charge in [0.2, 0.25) is 5.91 Å². The van der Waals surface area contributed by atoms with Crippen molar-refractivity contribution in [3.8, 4) is 0 Å². The number of hydrogen-bond donors (Lipinski definition) is 1. The first-order chi connectivity index (χ1) is 7.85. The van der Waals surface area contributed by atoms with Gasteiger partial charge in [-0.2, -0.15) is 0 Å². The maximum atomic E-state index is 12.0. The van der Waals surface area contributed by atoms with Crippen molar-refractivity contribution in [1.82, 2.24) is 9.80 Å². The molecule has 1 heterocycles. The summed E-state index contributed by atoms with van der Waals surface area (Å²) in [5.74, 6) is -0.610. The molecule has 0 unspecified atom stereocenters. The van der Waals surface area contributed by atoms with Crippen LogP contribution >= 0.6 is 0 Å². The van der Waals surface area contributed by atoms with Gasteiger partial charge in [0, 0.05) is 26.6 Å². The summed E-state index contributed by atoms with van der Waals surface area (Å²) in [6.07, 6.45) is 1.71. The summed E-state index contributed by atoms with van der Waals surface area (Å²) in [7, 11) is 1.83. The molecule has 0 atom stereocenters. The van der Waals surface area contributed by atoms with Crippen LogP contribution in [0.25, 0.3) is 0 Å². The van der Waals surface area contributed by atoms with Gasteiger partial charge in [0.05, 0.1) is 5.54 Å². The number of carboxylic acid groups (broad SMARTS) is 1. The minimum atomic E-state index is -0.751. The SMILES string of the molecule is CN1CCN(CCCCC(=O)O)C(C)(C)C1=O. The van der Waals surface area contributed by atoms with E-state index >= 15 is 0 Å². The molecule has 0 saturated carbocycles. The van der Waals surface area contributed by atoms with Gasteiger partial charge in [0.25, 0.3) is 0 Å². The highest BCUT2D eigenvalue weighted by Gasteiger charge is 2.39. The molecule has 98 valence electrons. The third kappa shape index (κ3) is 3.43. The highest BCUT2D eigenvalue weighted by Crippen LogP contribution is 2.22. The Labute approximate surface area is 102 Å². The Morgan fingerprint density at radius 1 is 1.35 bits per heavy atom. The van der Waals surface area contributed by atoms with Crippen molar-refractivity contribution in [3.63, 3.8) is 0 Å². The van der Waals surface area contributed by atoms with E-state index in [1.165, 1.54) is 0 Å². The molecule has 1 aliphatic heterocycles. The van der Waals surface area contributed by atoms with Crippen LogP contribution in [0.15, 0.2) is 0 Å². The van der Waals surface area contributed by atoms with Crippen LogP contribution in [-0.4, -0.2) is 59.0 Å². The van der Waals surface area contributed by atoms with Crippen molar-refractivity contribution in [3.05, 3.63) is 0 Å². The van der Waals surface area contributed by atoms with Gasteiger partial charge in [-0.15, -0.1) is 0 Å². The van der Waals surface area contributed by atoms with Crippen LogP contribution in [0.4, 0.5) is 0 Å². The standard InChI is InChI=1S/C12H22N2O3/c1-12(2)11(17)13(3)8-9-14(12)7-5-4-6-10(15)16/h4-9H2,1-3H3,(H,15,16). The number of carbonyl (C=O) groups excluding carboxylic acids is 1. The van der Waals surface area contributed by atoms with E-state index in [0.717, 1.165) is 26.1 Å². The number of likely N-dealkylation sites (N-methyl/N-ethyl adjacent to an activating group) is 1. The summed E-state index contributed by atoms with van der Waals surface area (Å²) in [4.78, 5) is 26.3. The Morgan fingerprint density at radius 3 is 2.59 bits per heavy atom. The quantitative estimate of drug-likeness (QED) is 0.724. The largest absolute Gasteiger partial charge is 0.481 e. The Morgan fingerprint density at radius 2 is 2.00 bits per heavy atom. The second kappa shape index (κ2) is 5.49. The molecule has 1 amide bonds. The molecule has 1 fully saturated rings. The predicted molar refractivity (Wildman–Crippen MR) is 64.8 cm³/mol. The van der Waals surface area contributed by atoms with E-state index in [9.17, 15) is 9.59 Å². The van der Waals surface area contributed by atoms with Crippen LogP contribution in [0, 0.1) is 0 Å². The molecule has 1 N–H and O–H groups in total. The first-order valence-corrected chi connectivity index (χ1v) is 6.08. The minimum Gasteiger partial charge on any atom is -0.481 e. The van der Waals surface area contributed by atoms with Crippen molar-refractivity contribution in [2.45, 2.75) is 38.6 Å². The lowest BCUT2D eigenvalue weighted by Gasteiger charge is -2.44. The van der Waals surface area contributed by atoms with Crippen molar-refractivity contribution >= 4 is 11.9 Å². The fourth-order valence-electron chi connectivity index (χ4n) is 2.22. The average Bonchev–Trinajstić information content (AvgIpc) is 2.24. The number of nitrogens with zero attached hydrogens (tertiary/aromatic N) is 2. The lowest BCUT2D eigenvalue weighted by Crippen LogP contribution is -2.62. The highest BCUT2D eigenvalue weighted by molar-refractivity contribution is 5.86. The van der Waals surface area contributed by atoms with Crippen LogP contribution in [0.3, 0.4) is 0 Å². The lowest BCUT2D eigenvalue weighted by molar-refractivity contribution is -0.147. The smallest absolute Gasteiger partial charge is 0.303 e. The zero-order valence-electron chi connectivity index (χ0n) is 10.9. The van der Waals surface area contributed by atoms with E-state index in [1.807, 2.05) is 20.9 Å².